The molecule has 0 aliphatic heterocycles. The van der Waals surface area contributed by atoms with Gasteiger partial charge in [-0.15, -0.1) is 6.42 Å². The molecule has 0 saturated heterocycles. The van der Waals surface area contributed by atoms with E-state index in [-0.39, 0.29) is 25.1 Å². The van der Waals surface area contributed by atoms with Crippen LogP contribution in [0.5, 0.6) is 5.88 Å². The van der Waals surface area contributed by atoms with Gasteiger partial charge >= 0.3 is 5.97 Å². The molecule has 0 unspecified atom stereocenters. The largest absolute Gasteiger partial charge is 0.480 e. The van der Waals surface area contributed by atoms with E-state index in [0.717, 1.165) is 0 Å². The summed E-state index contributed by atoms with van der Waals surface area (Å²) < 4.78 is 5.49. The molecule has 0 spiro atoms. The lowest BCUT2D eigenvalue weighted by Crippen LogP contribution is -2.31. The third kappa shape index (κ3) is 4.84. The molecule has 1 heterocycles. The second kappa shape index (κ2) is 6.59. The van der Waals surface area contributed by atoms with E-state index in [9.17, 15) is 4.79 Å². The summed E-state index contributed by atoms with van der Waals surface area (Å²) >= 11 is 0. The van der Waals surface area contributed by atoms with Crippen LogP contribution in [0, 0.1) is 19.3 Å². The fourth-order valence-electron chi connectivity index (χ4n) is 1.44. The lowest BCUT2D eigenvalue weighted by atomic mass is 10.4. The molecule has 0 amide bonds. The number of aryl methyl sites for hydroxylation is 1. The molecule has 6 nitrogen and oxygen atoms in total. The van der Waals surface area contributed by atoms with Gasteiger partial charge in [0.1, 0.15) is 6.54 Å². The molecule has 6 heteroatoms. The van der Waals surface area contributed by atoms with Crippen LogP contribution in [-0.2, 0) is 4.79 Å². The summed E-state index contributed by atoms with van der Waals surface area (Å²) in [5.41, 5.74) is 0.688. The number of anilines is 1. The van der Waals surface area contributed by atoms with Gasteiger partial charge < -0.3 is 14.7 Å². The zero-order valence-corrected chi connectivity index (χ0v) is 11.3. The average molecular weight is 263 g/mol. The summed E-state index contributed by atoms with van der Waals surface area (Å²) in [5.74, 6) is 2.07. The van der Waals surface area contributed by atoms with Crippen LogP contribution in [0.1, 0.15) is 19.5 Å². The SMILES string of the molecule is C#CCN(CC(=O)O)c1nc(C)cc(OC(C)C)n1. The number of rotatable bonds is 6. The van der Waals surface area contributed by atoms with Crippen molar-refractivity contribution >= 4 is 11.9 Å². The molecular formula is C13H17N3O3. The minimum atomic E-state index is -0.994. The fourth-order valence-corrected chi connectivity index (χ4v) is 1.44. The topological polar surface area (TPSA) is 75.6 Å². The van der Waals surface area contributed by atoms with Gasteiger partial charge in [-0.3, -0.25) is 4.79 Å². The van der Waals surface area contributed by atoms with E-state index in [0.29, 0.717) is 11.6 Å². The van der Waals surface area contributed by atoms with Crippen molar-refractivity contribution in [3.63, 3.8) is 0 Å². The third-order valence-corrected chi connectivity index (χ3v) is 2.07. The second-order valence-electron chi connectivity index (χ2n) is 4.27. The van der Waals surface area contributed by atoms with Gasteiger partial charge in [-0.2, -0.15) is 4.98 Å². The van der Waals surface area contributed by atoms with Crippen LogP contribution in [0.25, 0.3) is 0 Å². The molecule has 0 aliphatic carbocycles. The van der Waals surface area contributed by atoms with Crippen molar-refractivity contribution in [1.29, 1.82) is 0 Å². The molecule has 1 aromatic heterocycles. The van der Waals surface area contributed by atoms with Gasteiger partial charge in [-0.25, -0.2) is 4.98 Å². The highest BCUT2D eigenvalue weighted by Gasteiger charge is 2.14. The first-order valence-electron chi connectivity index (χ1n) is 5.85. The molecule has 0 aliphatic rings. The number of aromatic nitrogens is 2. The highest BCUT2D eigenvalue weighted by atomic mass is 16.5. The van der Waals surface area contributed by atoms with Crippen LogP contribution in [0.4, 0.5) is 5.95 Å². The quantitative estimate of drug-likeness (QED) is 0.774. The van der Waals surface area contributed by atoms with Crippen LogP contribution in [-0.4, -0.2) is 40.2 Å². The number of aliphatic carboxylic acids is 1. The van der Waals surface area contributed by atoms with E-state index in [1.54, 1.807) is 13.0 Å². The first-order chi connectivity index (χ1) is 8.92. The van der Waals surface area contributed by atoms with E-state index < -0.39 is 5.97 Å². The van der Waals surface area contributed by atoms with Crippen molar-refractivity contribution in [3.05, 3.63) is 11.8 Å². The summed E-state index contributed by atoms with van der Waals surface area (Å²) in [7, 11) is 0. The molecule has 102 valence electrons. The van der Waals surface area contributed by atoms with Gasteiger partial charge in [-0.1, -0.05) is 5.92 Å². The highest BCUT2D eigenvalue weighted by molar-refractivity contribution is 5.72. The number of carboxylic acids is 1. The van der Waals surface area contributed by atoms with Crippen LogP contribution in [0.3, 0.4) is 0 Å². The normalized spacial score (nSPS) is 10.1. The van der Waals surface area contributed by atoms with Gasteiger partial charge in [0.2, 0.25) is 11.8 Å². The van der Waals surface area contributed by atoms with E-state index in [1.807, 2.05) is 13.8 Å². The van der Waals surface area contributed by atoms with Gasteiger partial charge in [0, 0.05) is 11.8 Å². The maximum Gasteiger partial charge on any atom is 0.323 e. The molecular weight excluding hydrogens is 246 g/mol. The minimum Gasteiger partial charge on any atom is -0.480 e. The predicted octanol–water partition coefficient (Wildman–Crippen LogP) is 1.10. The fraction of sp³-hybridized carbons (Fsp3) is 0.462. The number of carbonyl (C=O) groups is 1. The van der Waals surface area contributed by atoms with Crippen LogP contribution >= 0.6 is 0 Å². The molecule has 0 fully saturated rings. The zero-order valence-electron chi connectivity index (χ0n) is 11.3. The molecule has 0 aromatic carbocycles. The van der Waals surface area contributed by atoms with E-state index in [4.69, 9.17) is 16.3 Å². The molecule has 1 N–H and O–H groups in total. The first kappa shape index (κ1) is 14.8. The van der Waals surface area contributed by atoms with Crippen LogP contribution in [0.2, 0.25) is 0 Å². The van der Waals surface area contributed by atoms with Crippen molar-refractivity contribution in [3.8, 4) is 18.2 Å². The molecule has 19 heavy (non-hydrogen) atoms. The third-order valence-electron chi connectivity index (χ3n) is 2.07. The standard InChI is InChI=1S/C13H17N3O3/c1-5-6-16(8-12(17)18)13-14-10(4)7-11(15-13)19-9(2)3/h1,7,9H,6,8H2,2-4H3,(H,17,18). The smallest absolute Gasteiger partial charge is 0.323 e. The lowest BCUT2D eigenvalue weighted by molar-refractivity contribution is -0.135. The zero-order chi connectivity index (χ0) is 14.4. The minimum absolute atomic E-state index is 0.0253. The van der Waals surface area contributed by atoms with Crippen molar-refractivity contribution in [2.75, 3.05) is 18.0 Å². The Hall–Kier alpha value is -2.29. The summed E-state index contributed by atoms with van der Waals surface area (Å²) in [5, 5.41) is 8.86. The molecule has 0 radical (unpaired) electrons. The molecule has 1 rings (SSSR count). The summed E-state index contributed by atoms with van der Waals surface area (Å²) in [6, 6.07) is 1.69. The maximum atomic E-state index is 10.8. The highest BCUT2D eigenvalue weighted by Crippen LogP contribution is 2.16. The molecule has 0 bridgehead atoms. The Morgan fingerprint density at radius 3 is 2.79 bits per heavy atom. The number of terminal acetylenes is 1. The Morgan fingerprint density at radius 1 is 1.58 bits per heavy atom. The Kier molecular flexibility index (Phi) is 5.12. The number of ether oxygens (including phenoxy) is 1. The maximum absolute atomic E-state index is 10.8. The lowest BCUT2D eigenvalue weighted by Gasteiger charge is -2.19. The Labute approximate surface area is 112 Å². The predicted molar refractivity (Wildman–Crippen MR) is 71.2 cm³/mol. The number of hydrogen-bond acceptors (Lipinski definition) is 5. The van der Waals surface area contributed by atoms with E-state index in [1.165, 1.54) is 4.90 Å². The number of carboxylic acid groups (broad SMARTS) is 1. The van der Waals surface area contributed by atoms with Gasteiger partial charge in [0.05, 0.1) is 12.6 Å². The summed E-state index contributed by atoms with van der Waals surface area (Å²) in [6.45, 7) is 5.42. The number of nitrogens with zero attached hydrogens (tertiary/aromatic N) is 3. The van der Waals surface area contributed by atoms with E-state index in [2.05, 4.69) is 15.9 Å². The van der Waals surface area contributed by atoms with Crippen molar-refractivity contribution < 1.29 is 14.6 Å². The summed E-state index contributed by atoms with van der Waals surface area (Å²) in [6.07, 6.45) is 5.20. The van der Waals surface area contributed by atoms with Gasteiger partial charge in [-0.05, 0) is 20.8 Å². The molecule has 1 aromatic rings. The first-order valence-corrected chi connectivity index (χ1v) is 5.85. The Balaban J connectivity index is 3.05. The Bertz CT molecular complexity index is 494. The van der Waals surface area contributed by atoms with Crippen molar-refractivity contribution in [2.24, 2.45) is 0 Å². The van der Waals surface area contributed by atoms with Gasteiger partial charge in [0.25, 0.3) is 0 Å². The molecule has 0 saturated carbocycles. The monoisotopic (exact) mass is 263 g/mol. The second-order valence-corrected chi connectivity index (χ2v) is 4.27. The average Bonchev–Trinajstić information content (AvgIpc) is 2.26. The van der Waals surface area contributed by atoms with Gasteiger partial charge in [0.15, 0.2) is 0 Å². The van der Waals surface area contributed by atoms with Crippen molar-refractivity contribution in [1.82, 2.24) is 9.97 Å². The molecule has 0 atom stereocenters. The summed E-state index contributed by atoms with van der Waals surface area (Å²) in [4.78, 5) is 20.6. The van der Waals surface area contributed by atoms with Crippen LogP contribution < -0.4 is 9.64 Å². The van der Waals surface area contributed by atoms with Crippen LogP contribution in [0.15, 0.2) is 6.07 Å². The van der Waals surface area contributed by atoms with Crippen molar-refractivity contribution in [2.45, 2.75) is 26.9 Å². The van der Waals surface area contributed by atoms with E-state index >= 15 is 0 Å². The Morgan fingerprint density at radius 2 is 2.26 bits per heavy atom. The number of hydrogen-bond donors (Lipinski definition) is 1.